The van der Waals surface area contributed by atoms with Gasteiger partial charge in [0.05, 0.1) is 0 Å². The third-order valence-electron chi connectivity index (χ3n) is 1.30. The van der Waals surface area contributed by atoms with Crippen LogP contribution in [0.4, 0.5) is 0 Å². The molecule has 0 spiro atoms. The Balaban J connectivity index is 0.000000810. The second kappa shape index (κ2) is 3.53. The van der Waals surface area contributed by atoms with Crippen LogP contribution >= 0.6 is 12.4 Å². The number of halogens is 1. The van der Waals surface area contributed by atoms with E-state index in [1.54, 1.807) is 0 Å². The van der Waals surface area contributed by atoms with Gasteiger partial charge in [-0.05, 0) is 0 Å². The van der Waals surface area contributed by atoms with Crippen LogP contribution in [0.15, 0.2) is 0 Å². The van der Waals surface area contributed by atoms with Crippen molar-refractivity contribution in [2.45, 2.75) is 12.5 Å². The fourth-order valence-corrected chi connectivity index (χ4v) is 0.721. The maximum Gasteiger partial charge on any atom is 0.244 e. The maximum absolute atomic E-state index is 10.6. The van der Waals surface area contributed by atoms with Crippen LogP contribution in [0.5, 0.6) is 0 Å². The molecule has 1 amide bonds. The maximum atomic E-state index is 10.6. The summed E-state index contributed by atoms with van der Waals surface area (Å²) in [4.78, 5) is 21.2. The molecule has 5 heteroatoms. The number of nitrogens with two attached hydrogens (primary N) is 1. The summed E-state index contributed by atoms with van der Waals surface area (Å²) in [6.45, 7) is 0.436. The summed E-state index contributed by atoms with van der Waals surface area (Å²) in [6.07, 6.45) is 0.368. The van der Waals surface area contributed by atoms with Gasteiger partial charge in [-0.2, -0.15) is 0 Å². The van der Waals surface area contributed by atoms with E-state index in [4.69, 9.17) is 5.73 Å². The second-order valence-corrected chi connectivity index (χ2v) is 1.99. The van der Waals surface area contributed by atoms with E-state index in [0.717, 1.165) is 0 Å². The zero-order valence-electron chi connectivity index (χ0n) is 5.29. The van der Waals surface area contributed by atoms with Gasteiger partial charge in [-0.15, -0.1) is 12.4 Å². The van der Waals surface area contributed by atoms with Crippen molar-refractivity contribution in [3.8, 4) is 0 Å². The number of hydrogen-bond donors (Lipinski definition) is 2. The Morgan fingerprint density at radius 1 is 1.50 bits per heavy atom. The molecule has 0 aromatic carbocycles. The lowest BCUT2D eigenvalue weighted by Gasteiger charge is -2.15. The first kappa shape index (κ1) is 9.39. The van der Waals surface area contributed by atoms with Gasteiger partial charge in [0.15, 0.2) is 5.78 Å². The van der Waals surface area contributed by atoms with E-state index in [0.29, 0.717) is 13.0 Å². The van der Waals surface area contributed by atoms with Crippen LogP contribution in [-0.2, 0) is 9.59 Å². The third kappa shape index (κ3) is 1.68. The van der Waals surface area contributed by atoms with Crippen LogP contribution in [0.3, 0.4) is 0 Å². The zero-order chi connectivity index (χ0) is 6.85. The molecule has 1 saturated heterocycles. The molecule has 3 N–H and O–H groups in total. The number of hydrogen-bond acceptors (Lipinski definition) is 3. The Morgan fingerprint density at radius 3 is 2.50 bits per heavy atom. The van der Waals surface area contributed by atoms with Crippen LogP contribution in [0.25, 0.3) is 0 Å². The quantitative estimate of drug-likeness (QED) is 0.443. The van der Waals surface area contributed by atoms with Gasteiger partial charge in [-0.25, -0.2) is 0 Å². The number of nitrogens with one attached hydrogen (secondary N) is 1. The predicted octanol–water partition coefficient (Wildman–Crippen LogP) is -1.18. The summed E-state index contributed by atoms with van der Waals surface area (Å²) in [5.41, 5.74) is 5.16. The molecule has 10 heavy (non-hydrogen) atoms. The monoisotopic (exact) mass is 164 g/mol. The second-order valence-electron chi connectivity index (χ2n) is 1.99. The van der Waals surface area contributed by atoms with Gasteiger partial charge >= 0.3 is 0 Å². The summed E-state index contributed by atoms with van der Waals surface area (Å²) in [5.74, 6) is -0.523. The van der Waals surface area contributed by atoms with Crippen LogP contribution in [0.2, 0.25) is 0 Å². The normalized spacial score (nSPS) is 25.1. The number of carbonyl (C=O) groups is 2. The van der Waals surface area contributed by atoms with Crippen molar-refractivity contribution in [3.63, 3.8) is 0 Å². The van der Waals surface area contributed by atoms with E-state index >= 15 is 0 Å². The first-order valence-corrected chi connectivity index (χ1v) is 2.78. The van der Waals surface area contributed by atoms with Crippen molar-refractivity contribution in [1.82, 2.24) is 5.32 Å². The minimum atomic E-state index is -0.918. The van der Waals surface area contributed by atoms with Gasteiger partial charge in [0.2, 0.25) is 5.91 Å². The molecule has 4 nitrogen and oxygen atoms in total. The largest absolute Gasteiger partial charge is 0.354 e. The Morgan fingerprint density at radius 2 is 2.10 bits per heavy atom. The van der Waals surface area contributed by atoms with Gasteiger partial charge < -0.3 is 11.1 Å². The highest BCUT2D eigenvalue weighted by atomic mass is 35.5. The predicted molar refractivity (Wildman–Crippen MR) is 37.9 cm³/mol. The highest BCUT2D eigenvalue weighted by molar-refractivity contribution is 6.07. The van der Waals surface area contributed by atoms with Crippen LogP contribution < -0.4 is 11.1 Å². The van der Waals surface area contributed by atoms with E-state index in [2.05, 4.69) is 5.32 Å². The van der Waals surface area contributed by atoms with Crippen molar-refractivity contribution < 1.29 is 9.59 Å². The number of carbonyl (C=O) groups excluding carboxylic acids is 2. The first-order valence-electron chi connectivity index (χ1n) is 2.78. The molecule has 0 aromatic heterocycles. The summed E-state index contributed by atoms with van der Waals surface area (Å²) < 4.78 is 0. The Kier molecular flexibility index (Phi) is 3.32. The molecule has 1 unspecified atom stereocenters. The molecule has 0 saturated carbocycles. The standard InChI is InChI=1S/C5H8N2O2.ClH/c6-4-3(8)1-2-7-5(4)9;/h4H,1-2,6H2,(H,7,9);1H. The molecule has 0 bridgehead atoms. The average molecular weight is 165 g/mol. The molecule has 0 radical (unpaired) electrons. The molecule has 0 aromatic rings. The lowest BCUT2D eigenvalue weighted by atomic mass is 10.1. The van der Waals surface area contributed by atoms with E-state index in [1.165, 1.54) is 0 Å². The smallest absolute Gasteiger partial charge is 0.244 e. The summed E-state index contributed by atoms with van der Waals surface area (Å²) in [6, 6.07) is -0.918. The van der Waals surface area contributed by atoms with Crippen LogP contribution in [0.1, 0.15) is 6.42 Å². The Bertz CT molecular complexity index is 144. The molecular formula is C5H9ClN2O2. The zero-order valence-corrected chi connectivity index (χ0v) is 6.11. The van der Waals surface area contributed by atoms with E-state index in [1.807, 2.05) is 0 Å². The van der Waals surface area contributed by atoms with Gasteiger partial charge in [-0.3, -0.25) is 9.59 Å². The lowest BCUT2D eigenvalue weighted by Crippen LogP contribution is -2.51. The third-order valence-corrected chi connectivity index (χ3v) is 1.30. The summed E-state index contributed by atoms with van der Waals surface area (Å²) in [5, 5.41) is 2.48. The molecule has 1 atom stereocenters. The minimum Gasteiger partial charge on any atom is -0.354 e. The van der Waals surface area contributed by atoms with Crippen LogP contribution in [0, 0.1) is 0 Å². The van der Waals surface area contributed by atoms with Gasteiger partial charge in [-0.1, -0.05) is 0 Å². The molecular weight excluding hydrogens is 156 g/mol. The number of rotatable bonds is 0. The van der Waals surface area contributed by atoms with Gasteiger partial charge in [0.25, 0.3) is 0 Å². The van der Waals surface area contributed by atoms with Crippen molar-refractivity contribution >= 4 is 24.1 Å². The minimum absolute atomic E-state index is 0. The summed E-state index contributed by atoms with van der Waals surface area (Å²) >= 11 is 0. The number of Topliss-reactive ketones (excluding diaryl/α,β-unsaturated/α-hetero) is 1. The fourth-order valence-electron chi connectivity index (χ4n) is 0.721. The van der Waals surface area contributed by atoms with E-state index in [-0.39, 0.29) is 24.1 Å². The number of amides is 1. The summed E-state index contributed by atoms with van der Waals surface area (Å²) in [7, 11) is 0. The SMILES string of the molecule is Cl.NC1C(=O)CCNC1=O. The first-order chi connectivity index (χ1) is 4.22. The van der Waals surface area contributed by atoms with Crippen molar-refractivity contribution in [2.75, 3.05) is 6.54 Å². The molecule has 58 valence electrons. The highest BCUT2D eigenvalue weighted by Gasteiger charge is 2.25. The van der Waals surface area contributed by atoms with Crippen molar-refractivity contribution in [2.24, 2.45) is 5.73 Å². The van der Waals surface area contributed by atoms with Gasteiger partial charge in [0, 0.05) is 13.0 Å². The Labute approximate surface area is 64.6 Å². The van der Waals surface area contributed by atoms with E-state index < -0.39 is 6.04 Å². The highest BCUT2D eigenvalue weighted by Crippen LogP contribution is 1.93. The molecule has 1 fully saturated rings. The average Bonchev–Trinajstić information content (AvgIpc) is 1.83. The van der Waals surface area contributed by atoms with Gasteiger partial charge in [0.1, 0.15) is 6.04 Å². The number of piperidine rings is 1. The van der Waals surface area contributed by atoms with Crippen molar-refractivity contribution in [1.29, 1.82) is 0 Å². The number of ketones is 1. The molecule has 1 aliphatic heterocycles. The molecule has 1 rings (SSSR count). The van der Waals surface area contributed by atoms with Crippen LogP contribution in [-0.4, -0.2) is 24.3 Å². The van der Waals surface area contributed by atoms with E-state index in [9.17, 15) is 9.59 Å². The lowest BCUT2D eigenvalue weighted by molar-refractivity contribution is -0.132. The molecule has 1 heterocycles. The topological polar surface area (TPSA) is 72.2 Å². The molecule has 1 aliphatic rings. The van der Waals surface area contributed by atoms with Crippen molar-refractivity contribution in [3.05, 3.63) is 0 Å². The fraction of sp³-hybridized carbons (Fsp3) is 0.600. The molecule has 0 aliphatic carbocycles. The Hall–Kier alpha value is -0.610.